The van der Waals surface area contributed by atoms with Crippen molar-refractivity contribution in [1.82, 2.24) is 15.6 Å². The van der Waals surface area contributed by atoms with Crippen LogP contribution in [0.3, 0.4) is 0 Å². The summed E-state index contributed by atoms with van der Waals surface area (Å²) in [6, 6.07) is 0. The third-order valence-corrected chi connectivity index (χ3v) is 4.48. The fraction of sp³-hybridized carbons (Fsp3) is 0.778. The number of hydrogen-bond acceptors (Lipinski definition) is 4. The van der Waals surface area contributed by atoms with Crippen molar-refractivity contribution < 1.29 is 4.74 Å². The van der Waals surface area contributed by atoms with Crippen LogP contribution in [0.5, 0.6) is 0 Å². The monoisotopic (exact) mass is 482 g/mol. The van der Waals surface area contributed by atoms with Crippen LogP contribution in [0.15, 0.2) is 10.4 Å². The molecule has 0 bridgehead atoms. The quantitative estimate of drug-likeness (QED) is 0.229. The molecule has 1 rings (SSSR count). The molecule has 0 aliphatic rings. The van der Waals surface area contributed by atoms with E-state index in [0.717, 1.165) is 51.5 Å². The number of thiazole rings is 1. The van der Waals surface area contributed by atoms with Gasteiger partial charge in [-0.1, -0.05) is 34.1 Å². The maximum absolute atomic E-state index is 5.55. The Kier molecular flexibility index (Phi) is 13.5. The number of nitrogens with zero attached hydrogens (tertiary/aromatic N) is 2. The molecule has 5 nitrogen and oxygen atoms in total. The summed E-state index contributed by atoms with van der Waals surface area (Å²) in [7, 11) is 1.80. The fourth-order valence-electron chi connectivity index (χ4n) is 2.01. The second-order valence-electron chi connectivity index (χ2n) is 6.87. The van der Waals surface area contributed by atoms with Crippen molar-refractivity contribution in [3.05, 3.63) is 16.1 Å². The predicted octanol–water partition coefficient (Wildman–Crippen LogP) is 3.97. The van der Waals surface area contributed by atoms with E-state index in [9.17, 15) is 0 Å². The summed E-state index contributed by atoms with van der Waals surface area (Å²) in [5, 5.41) is 10.0. The standard InChI is InChI=1S/C18H34N4OS.HI/c1-6-7-12-23-13-8-10-20-17(19-5)21-11-9-16-22-15(14-24-16)18(2,3)4;/h14H,6-13H2,1-5H3,(H2,19,20,21);1H. The third kappa shape index (κ3) is 11.0. The highest BCUT2D eigenvalue weighted by molar-refractivity contribution is 14.0. The van der Waals surface area contributed by atoms with Gasteiger partial charge in [-0.05, 0) is 12.8 Å². The zero-order chi connectivity index (χ0) is 17.8. The summed E-state index contributed by atoms with van der Waals surface area (Å²) in [5.41, 5.74) is 1.30. The normalized spacial score (nSPS) is 12.0. The smallest absolute Gasteiger partial charge is 0.190 e. The second kappa shape index (κ2) is 13.7. The number of halogens is 1. The van der Waals surface area contributed by atoms with Crippen molar-refractivity contribution in [3.63, 3.8) is 0 Å². The van der Waals surface area contributed by atoms with Crippen molar-refractivity contribution in [2.75, 3.05) is 33.4 Å². The molecular formula is C18H35IN4OS. The molecule has 0 saturated carbocycles. The van der Waals surface area contributed by atoms with Crippen molar-refractivity contribution >= 4 is 41.3 Å². The van der Waals surface area contributed by atoms with Gasteiger partial charge >= 0.3 is 0 Å². The number of nitrogens with one attached hydrogen (secondary N) is 2. The van der Waals surface area contributed by atoms with Crippen LogP contribution in [0.1, 0.15) is 57.7 Å². The van der Waals surface area contributed by atoms with Gasteiger partial charge in [-0.15, -0.1) is 35.3 Å². The van der Waals surface area contributed by atoms with Gasteiger partial charge in [0.05, 0.1) is 10.7 Å². The van der Waals surface area contributed by atoms with Gasteiger partial charge in [0.15, 0.2) is 5.96 Å². The Hall–Kier alpha value is -0.410. The van der Waals surface area contributed by atoms with E-state index in [2.05, 4.69) is 48.7 Å². The van der Waals surface area contributed by atoms with E-state index in [1.807, 2.05) is 0 Å². The van der Waals surface area contributed by atoms with E-state index in [0.29, 0.717) is 0 Å². The predicted molar refractivity (Wildman–Crippen MR) is 120 cm³/mol. The second-order valence-corrected chi connectivity index (χ2v) is 7.81. The van der Waals surface area contributed by atoms with Gasteiger partial charge in [-0.25, -0.2) is 4.98 Å². The number of guanidine groups is 1. The number of aliphatic imine (C=N–C) groups is 1. The molecular weight excluding hydrogens is 447 g/mol. The van der Waals surface area contributed by atoms with Crippen molar-refractivity contribution in [2.24, 2.45) is 4.99 Å². The summed E-state index contributed by atoms with van der Waals surface area (Å²) in [5.74, 6) is 0.844. The van der Waals surface area contributed by atoms with Gasteiger partial charge < -0.3 is 15.4 Å². The molecule has 7 heteroatoms. The Morgan fingerprint density at radius 2 is 1.88 bits per heavy atom. The zero-order valence-electron chi connectivity index (χ0n) is 16.4. The van der Waals surface area contributed by atoms with Gasteiger partial charge in [0.1, 0.15) is 0 Å². The molecule has 1 aromatic rings. The Balaban J connectivity index is 0.00000576. The minimum Gasteiger partial charge on any atom is -0.381 e. The maximum atomic E-state index is 5.55. The SMILES string of the molecule is CCCCOCCCNC(=NC)NCCc1nc(C(C)(C)C)cs1.I. The highest BCUT2D eigenvalue weighted by atomic mass is 127. The lowest BCUT2D eigenvalue weighted by molar-refractivity contribution is 0.129. The molecule has 0 atom stereocenters. The van der Waals surface area contributed by atoms with Gasteiger partial charge in [0, 0.05) is 50.6 Å². The minimum atomic E-state index is 0. The van der Waals surface area contributed by atoms with Gasteiger partial charge in [0.2, 0.25) is 0 Å². The molecule has 146 valence electrons. The summed E-state index contributed by atoms with van der Waals surface area (Å²) < 4.78 is 5.55. The molecule has 2 N–H and O–H groups in total. The molecule has 0 fully saturated rings. The zero-order valence-corrected chi connectivity index (χ0v) is 19.5. The highest BCUT2D eigenvalue weighted by Gasteiger charge is 2.17. The molecule has 0 saturated heterocycles. The van der Waals surface area contributed by atoms with Crippen LogP contribution in [-0.4, -0.2) is 44.3 Å². The maximum Gasteiger partial charge on any atom is 0.190 e. The topological polar surface area (TPSA) is 58.5 Å². The van der Waals surface area contributed by atoms with Crippen LogP contribution in [0.25, 0.3) is 0 Å². The lowest BCUT2D eigenvalue weighted by atomic mass is 9.93. The molecule has 0 radical (unpaired) electrons. The van der Waals surface area contributed by atoms with E-state index in [4.69, 9.17) is 9.72 Å². The number of unbranched alkanes of at least 4 members (excludes halogenated alkanes) is 1. The largest absolute Gasteiger partial charge is 0.381 e. The first kappa shape index (κ1) is 24.6. The number of ether oxygens (including phenoxy) is 1. The van der Waals surface area contributed by atoms with Gasteiger partial charge in [-0.2, -0.15) is 0 Å². The number of aromatic nitrogens is 1. The highest BCUT2D eigenvalue weighted by Crippen LogP contribution is 2.23. The van der Waals surface area contributed by atoms with Gasteiger partial charge in [0.25, 0.3) is 0 Å². The molecule has 0 unspecified atom stereocenters. The third-order valence-electron chi connectivity index (χ3n) is 3.58. The van der Waals surface area contributed by atoms with Crippen molar-refractivity contribution in [2.45, 2.75) is 58.8 Å². The first-order valence-electron chi connectivity index (χ1n) is 8.94. The molecule has 0 aliphatic carbocycles. The van der Waals surface area contributed by atoms with E-state index < -0.39 is 0 Å². The van der Waals surface area contributed by atoms with Crippen molar-refractivity contribution in [3.8, 4) is 0 Å². The Bertz CT molecular complexity index is 486. The van der Waals surface area contributed by atoms with Gasteiger partial charge in [-0.3, -0.25) is 4.99 Å². The molecule has 25 heavy (non-hydrogen) atoms. The fourth-order valence-corrected chi connectivity index (χ4v) is 3.03. The molecule has 1 heterocycles. The Labute approximate surface area is 174 Å². The van der Waals surface area contributed by atoms with E-state index in [1.165, 1.54) is 17.1 Å². The summed E-state index contributed by atoms with van der Waals surface area (Å²) in [4.78, 5) is 8.96. The van der Waals surface area contributed by atoms with Crippen LogP contribution >= 0.6 is 35.3 Å². The van der Waals surface area contributed by atoms with Crippen molar-refractivity contribution in [1.29, 1.82) is 0 Å². The lowest BCUT2D eigenvalue weighted by Crippen LogP contribution is -2.39. The average Bonchev–Trinajstić information content (AvgIpc) is 3.01. The summed E-state index contributed by atoms with van der Waals surface area (Å²) in [6.07, 6.45) is 4.24. The average molecular weight is 482 g/mol. The Morgan fingerprint density at radius 1 is 1.20 bits per heavy atom. The van der Waals surface area contributed by atoms with Crippen LogP contribution in [0, 0.1) is 0 Å². The molecule has 0 spiro atoms. The van der Waals surface area contributed by atoms with E-state index in [-0.39, 0.29) is 29.4 Å². The first-order valence-corrected chi connectivity index (χ1v) is 9.82. The van der Waals surface area contributed by atoms with E-state index >= 15 is 0 Å². The van der Waals surface area contributed by atoms with E-state index in [1.54, 1.807) is 18.4 Å². The minimum absolute atomic E-state index is 0. The number of rotatable bonds is 10. The molecule has 0 aliphatic heterocycles. The molecule has 1 aromatic heterocycles. The first-order chi connectivity index (χ1) is 11.5. The summed E-state index contributed by atoms with van der Waals surface area (Å²) >= 11 is 1.74. The lowest BCUT2D eigenvalue weighted by Gasteiger charge is -2.14. The molecule has 0 amide bonds. The van der Waals surface area contributed by atoms with Crippen LogP contribution in [0.2, 0.25) is 0 Å². The Morgan fingerprint density at radius 3 is 2.48 bits per heavy atom. The molecule has 0 aromatic carbocycles. The van der Waals surface area contributed by atoms with Crippen LogP contribution < -0.4 is 10.6 Å². The van der Waals surface area contributed by atoms with Crippen LogP contribution in [0.4, 0.5) is 0 Å². The van der Waals surface area contributed by atoms with Crippen LogP contribution in [-0.2, 0) is 16.6 Å². The number of hydrogen-bond donors (Lipinski definition) is 2. The summed E-state index contributed by atoms with van der Waals surface area (Å²) in [6.45, 7) is 12.1.